The van der Waals surface area contributed by atoms with Gasteiger partial charge in [-0.25, -0.2) is 0 Å². The van der Waals surface area contributed by atoms with Crippen LogP contribution in [0.15, 0.2) is 18.2 Å². The van der Waals surface area contributed by atoms with Gasteiger partial charge in [0.05, 0.1) is 0 Å². The van der Waals surface area contributed by atoms with E-state index in [1.807, 2.05) is 0 Å². The summed E-state index contributed by atoms with van der Waals surface area (Å²) in [6.07, 6.45) is 7.14. The average molecular weight is 189 g/mol. The lowest BCUT2D eigenvalue weighted by Crippen LogP contribution is -1.97. The van der Waals surface area contributed by atoms with E-state index in [-0.39, 0.29) is 0 Å². The molecule has 1 radical (unpaired) electrons. The van der Waals surface area contributed by atoms with Gasteiger partial charge in [-0.05, 0) is 36.0 Å². The van der Waals surface area contributed by atoms with Crippen LogP contribution in [0.1, 0.15) is 50.3 Å². The Morgan fingerprint density at radius 2 is 1.50 bits per heavy atom. The summed E-state index contributed by atoms with van der Waals surface area (Å²) in [4.78, 5) is 0. The zero-order chi connectivity index (χ0) is 10.4. The molecule has 1 aromatic rings. The van der Waals surface area contributed by atoms with E-state index in [1.54, 1.807) is 0 Å². The van der Waals surface area contributed by atoms with Gasteiger partial charge in [-0.2, -0.15) is 0 Å². The molecule has 0 aliphatic carbocycles. The third-order valence-electron chi connectivity index (χ3n) is 2.61. The Labute approximate surface area is 88.4 Å². The topological polar surface area (TPSA) is 0 Å². The summed E-state index contributed by atoms with van der Waals surface area (Å²) in [5, 5.41) is 0. The van der Waals surface area contributed by atoms with E-state index in [0.717, 1.165) is 0 Å². The Morgan fingerprint density at radius 3 is 1.86 bits per heavy atom. The number of benzene rings is 1. The fourth-order valence-corrected chi connectivity index (χ4v) is 2.01. The van der Waals surface area contributed by atoms with E-state index in [0.29, 0.717) is 0 Å². The molecule has 1 rings (SSSR count). The molecule has 0 N–H and O–H groups in total. The molecular formula is C14H21. The van der Waals surface area contributed by atoms with E-state index in [2.05, 4.69) is 45.4 Å². The Morgan fingerprint density at radius 1 is 1.00 bits per heavy atom. The van der Waals surface area contributed by atoms with Gasteiger partial charge < -0.3 is 0 Å². The molecule has 0 spiro atoms. The lowest BCUT2D eigenvalue weighted by atomic mass is 9.94. The van der Waals surface area contributed by atoms with Crippen molar-refractivity contribution in [1.82, 2.24) is 0 Å². The predicted molar refractivity (Wildman–Crippen MR) is 63.5 cm³/mol. The van der Waals surface area contributed by atoms with E-state index >= 15 is 0 Å². The molecule has 14 heavy (non-hydrogen) atoms. The molecule has 0 amide bonds. The summed E-state index contributed by atoms with van der Waals surface area (Å²) in [7, 11) is 0. The van der Waals surface area contributed by atoms with Gasteiger partial charge in [0, 0.05) is 0 Å². The van der Waals surface area contributed by atoms with Gasteiger partial charge in [-0.15, -0.1) is 0 Å². The Kier molecular flexibility index (Phi) is 4.72. The minimum absolute atomic E-state index is 1.21. The average Bonchev–Trinajstić information content (AvgIpc) is 2.19. The maximum atomic E-state index is 2.26. The molecular weight excluding hydrogens is 168 g/mol. The predicted octanol–water partition coefficient (Wildman–Crippen LogP) is 4.16. The summed E-state index contributed by atoms with van der Waals surface area (Å²) >= 11 is 0. The smallest absolute Gasteiger partial charge is 0.0118 e. The van der Waals surface area contributed by atoms with Crippen molar-refractivity contribution >= 4 is 0 Å². The maximum Gasteiger partial charge on any atom is -0.0118 e. The highest BCUT2D eigenvalue weighted by Gasteiger charge is 2.04. The number of rotatable bonds is 5. The first-order valence-electron chi connectivity index (χ1n) is 5.73. The van der Waals surface area contributed by atoms with Gasteiger partial charge in [0.15, 0.2) is 0 Å². The normalized spacial score (nSPS) is 10.5. The van der Waals surface area contributed by atoms with Crippen LogP contribution in [-0.4, -0.2) is 0 Å². The van der Waals surface area contributed by atoms with Crippen molar-refractivity contribution in [3.63, 3.8) is 0 Å². The summed E-state index contributed by atoms with van der Waals surface area (Å²) < 4.78 is 0. The van der Waals surface area contributed by atoms with E-state index in [4.69, 9.17) is 0 Å². The van der Waals surface area contributed by atoms with Crippen molar-refractivity contribution in [2.24, 2.45) is 0 Å². The van der Waals surface area contributed by atoms with Crippen molar-refractivity contribution in [3.05, 3.63) is 41.3 Å². The van der Waals surface area contributed by atoms with Crippen LogP contribution < -0.4 is 0 Å². The lowest BCUT2D eigenvalue weighted by Gasteiger charge is -2.12. The summed E-state index contributed by atoms with van der Waals surface area (Å²) in [5.41, 5.74) is 4.51. The number of aryl methyl sites for hydroxylation is 2. The van der Waals surface area contributed by atoms with Crippen LogP contribution in [0.3, 0.4) is 0 Å². The van der Waals surface area contributed by atoms with Crippen LogP contribution in [0.25, 0.3) is 0 Å². The number of hydrogen-bond acceptors (Lipinski definition) is 0. The fraction of sp³-hybridized carbons (Fsp3) is 0.500. The molecule has 1 aromatic carbocycles. The number of hydrogen-bond donors (Lipinski definition) is 0. The largest absolute Gasteiger partial charge is 0.0651 e. The van der Waals surface area contributed by atoms with Gasteiger partial charge in [-0.1, -0.05) is 51.8 Å². The summed E-state index contributed by atoms with van der Waals surface area (Å²) in [6.45, 7) is 6.63. The summed E-state index contributed by atoms with van der Waals surface area (Å²) in [6, 6.07) is 6.72. The Balaban J connectivity index is 2.98. The fourth-order valence-electron chi connectivity index (χ4n) is 2.01. The van der Waals surface area contributed by atoms with Crippen molar-refractivity contribution in [1.29, 1.82) is 0 Å². The zero-order valence-electron chi connectivity index (χ0n) is 9.64. The maximum absolute atomic E-state index is 2.26. The molecule has 0 bridgehead atoms. The van der Waals surface area contributed by atoms with E-state index in [9.17, 15) is 0 Å². The second-order valence-corrected chi connectivity index (χ2v) is 3.78. The van der Waals surface area contributed by atoms with E-state index < -0.39 is 0 Å². The first-order valence-corrected chi connectivity index (χ1v) is 5.73. The molecule has 0 atom stereocenters. The second-order valence-electron chi connectivity index (χ2n) is 3.78. The minimum Gasteiger partial charge on any atom is -0.0651 e. The summed E-state index contributed by atoms with van der Waals surface area (Å²) in [5.74, 6) is 0. The van der Waals surface area contributed by atoms with Crippen molar-refractivity contribution in [2.75, 3.05) is 0 Å². The van der Waals surface area contributed by atoms with Crippen molar-refractivity contribution in [3.8, 4) is 0 Å². The molecule has 77 valence electrons. The van der Waals surface area contributed by atoms with Gasteiger partial charge in [0.2, 0.25) is 0 Å². The van der Waals surface area contributed by atoms with Crippen LogP contribution in [0.2, 0.25) is 0 Å². The molecule has 0 saturated heterocycles. The first-order chi connectivity index (χ1) is 6.83. The third-order valence-corrected chi connectivity index (χ3v) is 2.61. The standard InChI is InChI=1S/C14H21/c1-4-8-12-10-7-11-13(9-5-2)14(12)6-3/h6-7,10-11H,4-5,8-9H2,1-3H3. The molecule has 0 heteroatoms. The minimum atomic E-state index is 1.21. The highest BCUT2D eigenvalue weighted by Crippen LogP contribution is 2.19. The third kappa shape index (κ3) is 2.60. The molecule has 0 heterocycles. The van der Waals surface area contributed by atoms with Gasteiger partial charge >= 0.3 is 0 Å². The van der Waals surface area contributed by atoms with Crippen LogP contribution >= 0.6 is 0 Å². The zero-order valence-corrected chi connectivity index (χ0v) is 9.64. The van der Waals surface area contributed by atoms with Gasteiger partial charge in [-0.3, -0.25) is 0 Å². The Bertz CT molecular complexity index is 249. The van der Waals surface area contributed by atoms with Gasteiger partial charge in [0.25, 0.3) is 0 Å². The molecule has 0 saturated carbocycles. The molecule has 0 aliphatic heterocycles. The van der Waals surface area contributed by atoms with Crippen LogP contribution in [0.4, 0.5) is 0 Å². The van der Waals surface area contributed by atoms with Crippen molar-refractivity contribution in [2.45, 2.75) is 46.5 Å². The van der Waals surface area contributed by atoms with Crippen LogP contribution in [0.5, 0.6) is 0 Å². The molecule has 0 unspecified atom stereocenters. The SMILES string of the molecule is C[CH]c1c(CCC)cccc1CCC. The highest BCUT2D eigenvalue weighted by molar-refractivity contribution is 5.40. The van der Waals surface area contributed by atoms with Crippen LogP contribution in [-0.2, 0) is 12.8 Å². The second kappa shape index (κ2) is 5.85. The van der Waals surface area contributed by atoms with Crippen molar-refractivity contribution < 1.29 is 0 Å². The molecule has 0 nitrogen and oxygen atoms in total. The highest BCUT2D eigenvalue weighted by atomic mass is 14.1. The quantitative estimate of drug-likeness (QED) is 0.652. The first kappa shape index (κ1) is 11.3. The van der Waals surface area contributed by atoms with E-state index in [1.165, 1.54) is 42.4 Å². The molecule has 0 aromatic heterocycles. The lowest BCUT2D eigenvalue weighted by molar-refractivity contribution is 0.882. The molecule has 0 aliphatic rings. The van der Waals surface area contributed by atoms with Gasteiger partial charge in [0.1, 0.15) is 0 Å². The van der Waals surface area contributed by atoms with Crippen LogP contribution in [0, 0.1) is 6.42 Å². The monoisotopic (exact) mass is 189 g/mol. The Hall–Kier alpha value is -0.780. The molecule has 0 fully saturated rings.